The van der Waals surface area contributed by atoms with Crippen molar-refractivity contribution < 1.29 is 0 Å². The normalized spacial score (nSPS) is 14.4. The summed E-state index contributed by atoms with van der Waals surface area (Å²) in [6.07, 6.45) is 0. The maximum atomic E-state index is 5.27. The van der Waals surface area contributed by atoms with Crippen LogP contribution in [0.1, 0.15) is 47.2 Å². The van der Waals surface area contributed by atoms with Gasteiger partial charge in [0, 0.05) is 31.7 Å². The van der Waals surface area contributed by atoms with Gasteiger partial charge in [0.05, 0.1) is 16.6 Å². The number of hydrogen-bond acceptors (Lipinski definition) is 3. The fourth-order valence-electron chi connectivity index (χ4n) is 9.52. The second-order valence-corrected chi connectivity index (χ2v) is 16.8. The average Bonchev–Trinajstić information content (AvgIpc) is 3.28. The summed E-state index contributed by atoms with van der Waals surface area (Å²) in [7, 11) is 0. The molecule has 3 heteroatoms. The second kappa shape index (κ2) is 13.0. The lowest BCUT2D eigenvalue weighted by Gasteiger charge is -2.50. The summed E-state index contributed by atoms with van der Waals surface area (Å²) in [5.41, 5.74) is 16.3. The smallest absolute Gasteiger partial charge is 0.160 e. The fraction of sp³-hybridized carbons (Fsp3) is 0.0741. The molecule has 0 saturated carbocycles. The second-order valence-electron chi connectivity index (χ2n) is 15.7. The van der Waals surface area contributed by atoms with Crippen molar-refractivity contribution in [3.63, 3.8) is 0 Å². The average molecular weight is 747 g/mol. The van der Waals surface area contributed by atoms with Gasteiger partial charge >= 0.3 is 0 Å². The van der Waals surface area contributed by atoms with Gasteiger partial charge in [-0.2, -0.15) is 0 Å². The van der Waals surface area contributed by atoms with E-state index in [0.29, 0.717) is 0 Å². The van der Waals surface area contributed by atoms with E-state index in [1.807, 2.05) is 11.8 Å². The summed E-state index contributed by atoms with van der Waals surface area (Å²) in [6, 6.07) is 70.7. The molecule has 9 aromatic rings. The molecule has 8 aromatic carbocycles. The molecule has 1 aliphatic heterocycles. The van der Waals surface area contributed by atoms with Gasteiger partial charge in [0.1, 0.15) is 0 Å². The van der Waals surface area contributed by atoms with Gasteiger partial charge in [0.25, 0.3) is 0 Å². The molecule has 11 rings (SSSR count). The van der Waals surface area contributed by atoms with E-state index in [2.05, 4.69) is 208 Å². The minimum atomic E-state index is -0.436. The Labute approximate surface area is 338 Å². The number of rotatable bonds is 4. The number of hydrogen-bond donors (Lipinski definition) is 0. The van der Waals surface area contributed by atoms with Gasteiger partial charge < -0.3 is 0 Å². The Bertz CT molecular complexity index is 2970. The van der Waals surface area contributed by atoms with Crippen LogP contribution in [-0.2, 0) is 10.8 Å². The summed E-state index contributed by atoms with van der Waals surface area (Å²) >= 11 is 1.88. The van der Waals surface area contributed by atoms with Crippen molar-refractivity contribution in [2.24, 2.45) is 0 Å². The lowest BCUT2D eigenvalue weighted by atomic mass is 9.54. The molecule has 0 saturated heterocycles. The van der Waals surface area contributed by atoms with E-state index >= 15 is 0 Å². The number of fused-ring (bicyclic) bond motifs is 9. The summed E-state index contributed by atoms with van der Waals surface area (Å²) in [5, 5.41) is 1.04. The van der Waals surface area contributed by atoms with Crippen molar-refractivity contribution in [1.29, 1.82) is 0 Å². The Balaban J connectivity index is 1.04. The van der Waals surface area contributed by atoms with Crippen molar-refractivity contribution in [1.82, 2.24) is 9.97 Å². The molecular formula is C54H38N2S. The van der Waals surface area contributed by atoms with Crippen LogP contribution in [0, 0.1) is 0 Å². The molecule has 0 radical (unpaired) electrons. The first-order valence-corrected chi connectivity index (χ1v) is 20.5. The molecule has 0 bridgehead atoms. The van der Waals surface area contributed by atoms with Crippen LogP contribution in [0.25, 0.3) is 55.8 Å². The first-order valence-electron chi connectivity index (χ1n) is 19.7. The highest BCUT2D eigenvalue weighted by atomic mass is 32.2. The van der Waals surface area contributed by atoms with Crippen LogP contribution in [0.5, 0.6) is 0 Å². The van der Waals surface area contributed by atoms with E-state index in [-0.39, 0.29) is 5.41 Å². The van der Waals surface area contributed by atoms with Gasteiger partial charge in [-0.3, -0.25) is 0 Å². The molecule has 57 heavy (non-hydrogen) atoms. The molecule has 0 unspecified atom stereocenters. The highest BCUT2D eigenvalue weighted by molar-refractivity contribution is 7.99. The standard InChI is InChI=1S/C54H38N2S/c1-53(2)42-20-7-9-22-44(42)54(45-23-10-8-21-43(45)53)46-24-11-13-26-49(46)57-50-34-39(31-32-47(50)54)38-17-14-18-40(33-38)52-55-48-25-12-6-19-41(48)51(56-52)37-29-27-36(28-30-37)35-15-4-3-5-16-35/h3-34H,1-2H3. The number of para-hydroxylation sites is 1. The number of benzene rings is 8. The van der Waals surface area contributed by atoms with Gasteiger partial charge in [-0.05, 0) is 79.9 Å². The van der Waals surface area contributed by atoms with Crippen molar-refractivity contribution in [3.05, 3.63) is 228 Å². The molecule has 0 atom stereocenters. The molecular weight excluding hydrogens is 709 g/mol. The van der Waals surface area contributed by atoms with Crippen molar-refractivity contribution in [2.75, 3.05) is 0 Å². The van der Waals surface area contributed by atoms with Crippen LogP contribution in [-0.4, -0.2) is 9.97 Å². The van der Waals surface area contributed by atoms with Crippen molar-refractivity contribution in [2.45, 2.75) is 34.5 Å². The quantitative estimate of drug-likeness (QED) is 0.179. The third kappa shape index (κ3) is 5.19. The molecule has 1 aliphatic carbocycles. The van der Waals surface area contributed by atoms with Crippen LogP contribution in [0.3, 0.4) is 0 Å². The maximum Gasteiger partial charge on any atom is 0.160 e. The van der Waals surface area contributed by atoms with E-state index in [9.17, 15) is 0 Å². The number of nitrogens with zero attached hydrogens (tertiary/aromatic N) is 2. The topological polar surface area (TPSA) is 25.8 Å². The van der Waals surface area contributed by atoms with Crippen LogP contribution in [0.2, 0.25) is 0 Å². The largest absolute Gasteiger partial charge is 0.228 e. The lowest BCUT2D eigenvalue weighted by Crippen LogP contribution is -2.43. The SMILES string of the molecule is CC1(C)c2ccccc2C2(c3ccccc3Sc3cc(-c4cccc(-c5nc(-c6ccc(-c7ccccc7)cc6)c6ccccc6n5)c4)ccc32)c2ccccc21. The fourth-order valence-corrected chi connectivity index (χ4v) is 10.8. The zero-order valence-corrected chi connectivity index (χ0v) is 32.6. The van der Waals surface area contributed by atoms with E-state index < -0.39 is 5.41 Å². The van der Waals surface area contributed by atoms with Crippen LogP contribution in [0.4, 0.5) is 0 Å². The Hall–Kier alpha value is -6.55. The molecule has 0 N–H and O–H groups in total. The highest BCUT2D eigenvalue weighted by Crippen LogP contribution is 2.61. The predicted molar refractivity (Wildman–Crippen MR) is 236 cm³/mol. The molecule has 2 nitrogen and oxygen atoms in total. The monoisotopic (exact) mass is 746 g/mol. The first-order chi connectivity index (χ1) is 28.0. The van der Waals surface area contributed by atoms with Gasteiger partial charge in [-0.1, -0.05) is 195 Å². The maximum absolute atomic E-state index is 5.27. The van der Waals surface area contributed by atoms with Gasteiger partial charge in [0.2, 0.25) is 0 Å². The van der Waals surface area contributed by atoms with Crippen LogP contribution < -0.4 is 0 Å². The first kappa shape index (κ1) is 33.8. The molecule has 2 heterocycles. The third-order valence-corrected chi connectivity index (χ3v) is 13.4. The van der Waals surface area contributed by atoms with E-state index in [1.165, 1.54) is 59.9 Å². The molecule has 0 amide bonds. The van der Waals surface area contributed by atoms with E-state index in [0.717, 1.165) is 39.1 Å². The van der Waals surface area contributed by atoms with Crippen LogP contribution in [0.15, 0.2) is 204 Å². The highest BCUT2D eigenvalue weighted by Gasteiger charge is 2.52. The summed E-state index contributed by atoms with van der Waals surface area (Å²) in [4.78, 5) is 13.0. The van der Waals surface area contributed by atoms with E-state index in [4.69, 9.17) is 9.97 Å². The lowest BCUT2D eigenvalue weighted by molar-refractivity contribution is 0.549. The Morgan fingerprint density at radius 2 is 0.895 bits per heavy atom. The zero-order chi connectivity index (χ0) is 38.1. The summed E-state index contributed by atoms with van der Waals surface area (Å²) < 4.78 is 0. The molecule has 2 aliphatic rings. The zero-order valence-electron chi connectivity index (χ0n) is 31.8. The molecule has 0 fully saturated rings. The van der Waals surface area contributed by atoms with E-state index in [1.54, 1.807) is 0 Å². The third-order valence-electron chi connectivity index (χ3n) is 12.2. The molecule has 1 aromatic heterocycles. The minimum Gasteiger partial charge on any atom is -0.228 e. The molecule has 270 valence electrons. The van der Waals surface area contributed by atoms with Crippen molar-refractivity contribution in [3.8, 4) is 44.9 Å². The predicted octanol–water partition coefficient (Wildman–Crippen LogP) is 13.8. The number of aromatic nitrogens is 2. The Kier molecular flexibility index (Phi) is 7.71. The Morgan fingerprint density at radius 1 is 0.368 bits per heavy atom. The van der Waals surface area contributed by atoms with Gasteiger partial charge in [-0.25, -0.2) is 9.97 Å². The van der Waals surface area contributed by atoms with Gasteiger partial charge in [0.15, 0.2) is 5.82 Å². The van der Waals surface area contributed by atoms with Gasteiger partial charge in [-0.15, -0.1) is 0 Å². The van der Waals surface area contributed by atoms with Crippen LogP contribution >= 0.6 is 11.8 Å². The Morgan fingerprint density at radius 3 is 1.65 bits per heavy atom. The van der Waals surface area contributed by atoms with Crippen molar-refractivity contribution >= 4 is 22.7 Å². The summed E-state index contributed by atoms with van der Waals surface area (Å²) in [6.45, 7) is 4.75. The minimum absolute atomic E-state index is 0.130. The molecule has 1 spiro atoms. The summed E-state index contributed by atoms with van der Waals surface area (Å²) in [5.74, 6) is 0.718.